The van der Waals surface area contributed by atoms with Crippen LogP contribution in [0.15, 0.2) is 24.3 Å². The maximum Gasteiger partial charge on any atom is 0.289 e. The largest absolute Gasteiger partial charge is 0.347 e. The predicted molar refractivity (Wildman–Crippen MR) is 100 cm³/mol. The van der Waals surface area contributed by atoms with Gasteiger partial charge in [-0.25, -0.2) is 0 Å². The first-order valence-corrected chi connectivity index (χ1v) is 9.71. The minimum atomic E-state index is -0.154. The van der Waals surface area contributed by atoms with E-state index in [1.807, 2.05) is 35.8 Å². The van der Waals surface area contributed by atoms with E-state index in [4.69, 9.17) is 0 Å². The quantitative estimate of drug-likeness (QED) is 0.903. The van der Waals surface area contributed by atoms with Crippen molar-refractivity contribution in [1.82, 2.24) is 25.0 Å². The molecule has 0 unspecified atom stereocenters. The molecule has 2 aromatic rings. The molecule has 2 amide bonds. The van der Waals surface area contributed by atoms with Gasteiger partial charge in [-0.15, -0.1) is 10.2 Å². The monoisotopic (exact) mass is 367 g/mol. The number of hydrogen-bond donors (Lipinski definition) is 1. The second-order valence-corrected chi connectivity index (χ2v) is 7.50. The second-order valence-electron chi connectivity index (χ2n) is 7.50. The number of nitrogens with one attached hydrogen (secondary N) is 1. The Morgan fingerprint density at radius 2 is 1.93 bits per heavy atom. The number of aromatic nitrogens is 3. The lowest BCUT2D eigenvalue weighted by atomic mass is 9.95. The van der Waals surface area contributed by atoms with Crippen molar-refractivity contribution in [2.24, 2.45) is 0 Å². The summed E-state index contributed by atoms with van der Waals surface area (Å²) in [5.41, 5.74) is 1.74. The molecule has 0 saturated heterocycles. The minimum Gasteiger partial charge on any atom is -0.347 e. The fourth-order valence-corrected chi connectivity index (χ4v) is 3.96. The average molecular weight is 367 g/mol. The molecule has 7 nitrogen and oxygen atoms in total. The summed E-state index contributed by atoms with van der Waals surface area (Å²) in [5.74, 6) is 0.856. The molecule has 1 saturated carbocycles. The standard InChI is InChI=1S/C20H25N5O2/c1-14-6-5-7-15(12-14)20(27)24-10-11-25-17(13-24)22-23-18(25)19(26)21-16-8-3-2-4-9-16/h5-7,12,16H,2-4,8-11,13H2,1H3,(H,21,26). The van der Waals surface area contributed by atoms with Gasteiger partial charge in [-0.2, -0.15) is 0 Å². The fourth-order valence-electron chi connectivity index (χ4n) is 3.96. The number of fused-ring (bicyclic) bond motifs is 1. The molecule has 1 fully saturated rings. The van der Waals surface area contributed by atoms with Crippen molar-refractivity contribution in [2.45, 2.75) is 58.2 Å². The molecule has 0 bridgehead atoms. The molecule has 1 aromatic carbocycles. The molecule has 1 aliphatic carbocycles. The lowest BCUT2D eigenvalue weighted by Gasteiger charge is -2.28. The Kier molecular flexibility index (Phi) is 4.92. The maximum absolute atomic E-state index is 12.8. The van der Waals surface area contributed by atoms with Crippen LogP contribution in [0.5, 0.6) is 0 Å². The summed E-state index contributed by atoms with van der Waals surface area (Å²) in [6.45, 7) is 3.42. The summed E-state index contributed by atoms with van der Waals surface area (Å²) in [7, 11) is 0. The van der Waals surface area contributed by atoms with Crippen LogP contribution in [0, 0.1) is 6.92 Å². The van der Waals surface area contributed by atoms with E-state index in [1.54, 1.807) is 4.90 Å². The number of amides is 2. The predicted octanol–water partition coefficient (Wildman–Crippen LogP) is 2.31. The maximum atomic E-state index is 12.8. The number of carbonyl (C=O) groups is 2. The van der Waals surface area contributed by atoms with Crippen LogP contribution < -0.4 is 5.32 Å². The van der Waals surface area contributed by atoms with Gasteiger partial charge < -0.3 is 14.8 Å². The topological polar surface area (TPSA) is 80.1 Å². The third kappa shape index (κ3) is 3.72. The van der Waals surface area contributed by atoms with Gasteiger partial charge >= 0.3 is 0 Å². The van der Waals surface area contributed by atoms with Crippen LogP contribution in [0.4, 0.5) is 0 Å². The van der Waals surface area contributed by atoms with Gasteiger partial charge in [-0.1, -0.05) is 37.0 Å². The van der Waals surface area contributed by atoms with Gasteiger partial charge in [0.25, 0.3) is 11.8 Å². The highest BCUT2D eigenvalue weighted by atomic mass is 16.2. The van der Waals surface area contributed by atoms with Crippen LogP contribution >= 0.6 is 0 Å². The van der Waals surface area contributed by atoms with Gasteiger partial charge in [0.1, 0.15) is 0 Å². The molecule has 1 aliphatic heterocycles. The van der Waals surface area contributed by atoms with Crippen molar-refractivity contribution < 1.29 is 9.59 Å². The zero-order valence-electron chi connectivity index (χ0n) is 15.6. The first-order valence-electron chi connectivity index (χ1n) is 9.71. The van der Waals surface area contributed by atoms with E-state index in [-0.39, 0.29) is 17.9 Å². The van der Waals surface area contributed by atoms with Gasteiger partial charge in [-0.3, -0.25) is 9.59 Å². The molecule has 0 spiro atoms. The molecule has 1 N–H and O–H groups in total. The van der Waals surface area contributed by atoms with Crippen molar-refractivity contribution in [1.29, 1.82) is 0 Å². The molecule has 1 aromatic heterocycles. The van der Waals surface area contributed by atoms with E-state index >= 15 is 0 Å². The molecule has 4 rings (SSSR count). The molecular formula is C20H25N5O2. The Bertz CT molecular complexity index is 854. The van der Waals surface area contributed by atoms with Gasteiger partial charge in [0.2, 0.25) is 5.82 Å². The molecular weight excluding hydrogens is 342 g/mol. The van der Waals surface area contributed by atoms with E-state index in [0.717, 1.165) is 18.4 Å². The average Bonchev–Trinajstić information content (AvgIpc) is 3.11. The SMILES string of the molecule is Cc1cccc(C(=O)N2CCn3c(nnc3C(=O)NC3CCCCC3)C2)c1. The highest BCUT2D eigenvalue weighted by molar-refractivity contribution is 5.94. The van der Waals surface area contributed by atoms with Crippen LogP contribution in [-0.4, -0.2) is 44.1 Å². The number of hydrogen-bond acceptors (Lipinski definition) is 4. The van der Waals surface area contributed by atoms with E-state index in [2.05, 4.69) is 15.5 Å². The Morgan fingerprint density at radius 1 is 1.11 bits per heavy atom. The van der Waals surface area contributed by atoms with Crippen LogP contribution in [0.25, 0.3) is 0 Å². The fraction of sp³-hybridized carbons (Fsp3) is 0.500. The van der Waals surface area contributed by atoms with Gasteiger partial charge in [0.05, 0.1) is 6.54 Å². The number of carbonyl (C=O) groups excluding carboxylic acids is 2. The van der Waals surface area contributed by atoms with E-state index in [0.29, 0.717) is 36.8 Å². The lowest BCUT2D eigenvalue weighted by molar-refractivity contribution is 0.0705. The van der Waals surface area contributed by atoms with Crippen LogP contribution in [-0.2, 0) is 13.1 Å². The summed E-state index contributed by atoms with van der Waals surface area (Å²) in [4.78, 5) is 27.1. The summed E-state index contributed by atoms with van der Waals surface area (Å²) in [5, 5.41) is 11.4. The Morgan fingerprint density at radius 3 is 2.70 bits per heavy atom. The van der Waals surface area contributed by atoms with Gasteiger partial charge in [0, 0.05) is 24.7 Å². The van der Waals surface area contributed by atoms with Crippen LogP contribution in [0.2, 0.25) is 0 Å². The summed E-state index contributed by atoms with van der Waals surface area (Å²) < 4.78 is 1.85. The van der Waals surface area contributed by atoms with Crippen molar-refractivity contribution >= 4 is 11.8 Å². The van der Waals surface area contributed by atoms with Crippen LogP contribution in [0.3, 0.4) is 0 Å². The molecule has 7 heteroatoms. The Hall–Kier alpha value is -2.70. The first-order chi connectivity index (χ1) is 13.1. The molecule has 0 atom stereocenters. The van der Waals surface area contributed by atoms with Crippen LogP contribution in [0.1, 0.15) is 64.5 Å². The normalized spacial score (nSPS) is 17.4. The molecule has 2 heterocycles. The highest BCUT2D eigenvalue weighted by Crippen LogP contribution is 2.19. The Balaban J connectivity index is 1.45. The second kappa shape index (κ2) is 7.50. The number of rotatable bonds is 3. The third-order valence-corrected chi connectivity index (χ3v) is 5.45. The first kappa shape index (κ1) is 17.7. The van der Waals surface area contributed by atoms with Crippen molar-refractivity contribution in [2.75, 3.05) is 6.54 Å². The Labute approximate surface area is 158 Å². The summed E-state index contributed by atoms with van der Waals surface area (Å²) >= 11 is 0. The van der Waals surface area contributed by atoms with Crippen molar-refractivity contribution in [3.8, 4) is 0 Å². The van der Waals surface area contributed by atoms with Gasteiger partial charge in [0.15, 0.2) is 5.82 Å². The number of nitrogens with zero attached hydrogens (tertiary/aromatic N) is 4. The molecule has 0 radical (unpaired) electrons. The van der Waals surface area contributed by atoms with E-state index in [1.165, 1.54) is 19.3 Å². The molecule has 27 heavy (non-hydrogen) atoms. The highest BCUT2D eigenvalue weighted by Gasteiger charge is 2.28. The minimum absolute atomic E-state index is 0.0128. The van der Waals surface area contributed by atoms with E-state index < -0.39 is 0 Å². The number of aryl methyl sites for hydroxylation is 1. The molecule has 142 valence electrons. The smallest absolute Gasteiger partial charge is 0.289 e. The zero-order chi connectivity index (χ0) is 18.8. The summed E-state index contributed by atoms with van der Waals surface area (Å²) in [6, 6.07) is 7.83. The summed E-state index contributed by atoms with van der Waals surface area (Å²) in [6.07, 6.45) is 5.65. The number of benzene rings is 1. The zero-order valence-corrected chi connectivity index (χ0v) is 15.6. The molecule has 2 aliphatic rings. The van der Waals surface area contributed by atoms with Gasteiger partial charge in [-0.05, 0) is 31.9 Å². The van der Waals surface area contributed by atoms with Crippen molar-refractivity contribution in [3.63, 3.8) is 0 Å². The van der Waals surface area contributed by atoms with E-state index in [9.17, 15) is 9.59 Å². The lowest BCUT2D eigenvalue weighted by Crippen LogP contribution is -2.41. The third-order valence-electron chi connectivity index (χ3n) is 5.45. The van der Waals surface area contributed by atoms with Crippen molar-refractivity contribution in [3.05, 3.63) is 47.0 Å².